The lowest BCUT2D eigenvalue weighted by molar-refractivity contribution is -0.121. The third-order valence-corrected chi connectivity index (χ3v) is 5.50. The lowest BCUT2D eigenvalue weighted by Gasteiger charge is -2.33. The van der Waals surface area contributed by atoms with E-state index in [1.807, 2.05) is 36.5 Å². The number of carbonyl (C=O) groups excluding carboxylic acids is 1. The number of fused-ring (bicyclic) bond motifs is 1. The summed E-state index contributed by atoms with van der Waals surface area (Å²) in [5, 5.41) is 3.18. The summed E-state index contributed by atoms with van der Waals surface area (Å²) in [6.45, 7) is 4.06. The van der Waals surface area contributed by atoms with Gasteiger partial charge in [-0.25, -0.2) is 9.97 Å². The molecule has 4 rings (SSSR count). The van der Waals surface area contributed by atoms with Gasteiger partial charge in [-0.2, -0.15) is 0 Å². The Morgan fingerprint density at radius 1 is 1.19 bits per heavy atom. The van der Waals surface area contributed by atoms with E-state index < -0.39 is 0 Å². The fourth-order valence-electron chi connectivity index (χ4n) is 3.84. The number of amides is 1. The Morgan fingerprint density at radius 3 is 2.74 bits per heavy atom. The van der Waals surface area contributed by atoms with E-state index >= 15 is 0 Å². The Labute approximate surface area is 160 Å². The van der Waals surface area contributed by atoms with Crippen LogP contribution in [0.2, 0.25) is 0 Å². The van der Waals surface area contributed by atoms with Crippen LogP contribution < -0.4 is 10.2 Å². The Bertz CT molecular complexity index is 786. The molecule has 6 heteroatoms. The second kappa shape index (κ2) is 8.05. The molecule has 1 aliphatic carbocycles. The molecule has 27 heavy (non-hydrogen) atoms. The third kappa shape index (κ3) is 4.45. The highest BCUT2D eigenvalue weighted by atomic mass is 16.1. The van der Waals surface area contributed by atoms with Crippen LogP contribution in [-0.4, -0.2) is 60.0 Å². The van der Waals surface area contributed by atoms with Crippen LogP contribution in [0.3, 0.4) is 0 Å². The Kier molecular flexibility index (Phi) is 5.34. The number of piperazine rings is 1. The van der Waals surface area contributed by atoms with Gasteiger partial charge < -0.3 is 15.1 Å². The Hall–Kier alpha value is -2.47. The summed E-state index contributed by atoms with van der Waals surface area (Å²) in [5.41, 5.74) is 3.36. The molecule has 0 saturated carbocycles. The number of aromatic nitrogens is 2. The zero-order valence-corrected chi connectivity index (χ0v) is 15.9. The first kappa shape index (κ1) is 17.9. The number of carbonyl (C=O) groups is 1. The van der Waals surface area contributed by atoms with Crippen molar-refractivity contribution in [3.8, 4) is 0 Å². The number of nitrogens with one attached hydrogen (secondary N) is 1. The largest absolute Gasteiger partial charge is 0.353 e. The fourth-order valence-corrected chi connectivity index (χ4v) is 3.84. The molecule has 142 valence electrons. The molecule has 6 nitrogen and oxygen atoms in total. The van der Waals surface area contributed by atoms with Crippen LogP contribution >= 0.6 is 0 Å². The molecule has 1 aromatic heterocycles. The molecule has 0 bridgehead atoms. The molecule has 1 aromatic carbocycles. The van der Waals surface area contributed by atoms with Crippen LogP contribution in [0.4, 0.5) is 5.95 Å². The van der Waals surface area contributed by atoms with Gasteiger partial charge in [-0.3, -0.25) is 4.79 Å². The van der Waals surface area contributed by atoms with Crippen molar-refractivity contribution in [2.75, 3.05) is 38.1 Å². The molecule has 2 aliphatic rings. The summed E-state index contributed by atoms with van der Waals surface area (Å²) < 4.78 is 0. The minimum atomic E-state index is 0.0876. The highest BCUT2D eigenvalue weighted by Crippen LogP contribution is 2.22. The summed E-state index contributed by atoms with van der Waals surface area (Å²) in [7, 11) is 2.15. The van der Waals surface area contributed by atoms with E-state index in [0.29, 0.717) is 6.42 Å². The summed E-state index contributed by atoms with van der Waals surface area (Å²) in [6.07, 6.45) is 5.05. The second-order valence-electron chi connectivity index (χ2n) is 7.60. The monoisotopic (exact) mass is 365 g/mol. The van der Waals surface area contributed by atoms with Gasteiger partial charge in [-0.1, -0.05) is 30.3 Å². The van der Waals surface area contributed by atoms with Crippen molar-refractivity contribution in [1.82, 2.24) is 20.2 Å². The molecule has 1 atom stereocenters. The molecule has 0 unspecified atom stereocenters. The van der Waals surface area contributed by atoms with Crippen molar-refractivity contribution in [3.05, 3.63) is 53.3 Å². The first-order valence-corrected chi connectivity index (χ1v) is 9.79. The van der Waals surface area contributed by atoms with Gasteiger partial charge in [0, 0.05) is 44.1 Å². The highest BCUT2D eigenvalue weighted by molar-refractivity contribution is 5.78. The molecule has 1 fully saturated rings. The number of benzene rings is 1. The van der Waals surface area contributed by atoms with Gasteiger partial charge in [0.1, 0.15) is 0 Å². The maximum Gasteiger partial charge on any atom is 0.225 e. The molecular weight excluding hydrogens is 338 g/mol. The van der Waals surface area contributed by atoms with E-state index in [1.165, 1.54) is 5.56 Å². The van der Waals surface area contributed by atoms with Crippen LogP contribution in [0, 0.1) is 0 Å². The number of hydrogen-bond donors (Lipinski definition) is 1. The van der Waals surface area contributed by atoms with Crippen molar-refractivity contribution in [2.45, 2.75) is 31.7 Å². The first-order chi connectivity index (χ1) is 13.2. The van der Waals surface area contributed by atoms with Crippen molar-refractivity contribution in [1.29, 1.82) is 0 Å². The van der Waals surface area contributed by atoms with Crippen molar-refractivity contribution >= 4 is 11.9 Å². The average Bonchev–Trinajstić information content (AvgIpc) is 2.69. The number of anilines is 1. The van der Waals surface area contributed by atoms with Crippen molar-refractivity contribution in [3.63, 3.8) is 0 Å². The number of nitrogens with zero attached hydrogens (tertiary/aromatic N) is 4. The van der Waals surface area contributed by atoms with E-state index in [-0.39, 0.29) is 11.9 Å². The van der Waals surface area contributed by atoms with Gasteiger partial charge in [0.2, 0.25) is 11.9 Å². The van der Waals surface area contributed by atoms with E-state index in [2.05, 4.69) is 27.1 Å². The smallest absolute Gasteiger partial charge is 0.225 e. The maximum absolute atomic E-state index is 12.3. The number of aryl methyl sites for hydroxylation is 1. The molecule has 2 aromatic rings. The molecule has 1 aliphatic heterocycles. The first-order valence-electron chi connectivity index (χ1n) is 9.79. The molecule has 1 amide bonds. The minimum absolute atomic E-state index is 0.0876. The van der Waals surface area contributed by atoms with E-state index in [1.54, 1.807) is 0 Å². The second-order valence-corrected chi connectivity index (χ2v) is 7.60. The number of likely N-dealkylation sites (N-methyl/N-ethyl adjacent to an activating group) is 1. The Balaban J connectivity index is 1.35. The topological polar surface area (TPSA) is 61.4 Å². The normalized spacial score (nSPS) is 20.2. The fraction of sp³-hybridized carbons (Fsp3) is 0.476. The predicted octanol–water partition coefficient (Wildman–Crippen LogP) is 1.44. The zero-order valence-electron chi connectivity index (χ0n) is 15.9. The van der Waals surface area contributed by atoms with E-state index in [9.17, 15) is 4.79 Å². The molecule has 1 saturated heterocycles. The van der Waals surface area contributed by atoms with Crippen molar-refractivity contribution < 1.29 is 4.79 Å². The summed E-state index contributed by atoms with van der Waals surface area (Å²) in [6, 6.07) is 10.1. The highest BCUT2D eigenvalue weighted by Gasteiger charge is 2.24. The number of rotatable bonds is 4. The molecule has 0 spiro atoms. The van der Waals surface area contributed by atoms with Crippen LogP contribution in [0.1, 0.15) is 23.2 Å². The number of hydrogen-bond acceptors (Lipinski definition) is 5. The van der Waals surface area contributed by atoms with Gasteiger partial charge in [0.25, 0.3) is 0 Å². The summed E-state index contributed by atoms with van der Waals surface area (Å²) in [5.74, 6) is 0.943. The van der Waals surface area contributed by atoms with Crippen LogP contribution in [0.25, 0.3) is 0 Å². The van der Waals surface area contributed by atoms with Gasteiger partial charge in [0.05, 0.1) is 6.42 Å². The average molecular weight is 365 g/mol. The van der Waals surface area contributed by atoms with Crippen LogP contribution in [0.5, 0.6) is 0 Å². The molecular formula is C21H27N5O. The Morgan fingerprint density at radius 2 is 1.96 bits per heavy atom. The molecule has 1 N–H and O–H groups in total. The van der Waals surface area contributed by atoms with E-state index in [4.69, 9.17) is 4.98 Å². The summed E-state index contributed by atoms with van der Waals surface area (Å²) in [4.78, 5) is 26.4. The molecule has 2 heterocycles. The van der Waals surface area contributed by atoms with Crippen LogP contribution in [0.15, 0.2) is 36.5 Å². The lowest BCUT2D eigenvalue weighted by atomic mass is 9.92. The standard InChI is InChI=1S/C21H27N5O/c1-25-9-11-26(12-10-25)21-22-15-17-14-18(7-8-19(17)24-21)23-20(27)13-16-5-3-2-4-6-16/h2-6,15,18H,7-14H2,1H3,(H,23,27)/t18-/m0/s1. The van der Waals surface area contributed by atoms with Gasteiger partial charge in [-0.05, 0) is 37.4 Å². The quantitative estimate of drug-likeness (QED) is 0.889. The molecule has 0 radical (unpaired) electrons. The third-order valence-electron chi connectivity index (χ3n) is 5.50. The van der Waals surface area contributed by atoms with Crippen LogP contribution in [-0.2, 0) is 24.1 Å². The zero-order chi connectivity index (χ0) is 18.6. The predicted molar refractivity (Wildman–Crippen MR) is 106 cm³/mol. The van der Waals surface area contributed by atoms with E-state index in [0.717, 1.165) is 62.6 Å². The van der Waals surface area contributed by atoms with Gasteiger partial charge >= 0.3 is 0 Å². The minimum Gasteiger partial charge on any atom is -0.353 e. The van der Waals surface area contributed by atoms with Crippen molar-refractivity contribution in [2.24, 2.45) is 0 Å². The lowest BCUT2D eigenvalue weighted by Crippen LogP contribution is -2.45. The SMILES string of the molecule is CN1CCN(c2ncc3c(n2)CC[C@H](NC(=O)Cc2ccccc2)C3)CC1. The van der Waals surface area contributed by atoms with Gasteiger partial charge in [0.15, 0.2) is 0 Å². The maximum atomic E-state index is 12.3. The summed E-state index contributed by atoms with van der Waals surface area (Å²) >= 11 is 0. The van der Waals surface area contributed by atoms with Gasteiger partial charge in [-0.15, -0.1) is 0 Å².